The molecular weight excluding hydrogens is 260 g/mol. The van der Waals surface area contributed by atoms with Crippen LogP contribution in [0.5, 0.6) is 0 Å². The van der Waals surface area contributed by atoms with Crippen molar-refractivity contribution < 1.29 is 9.90 Å². The molecule has 1 heterocycles. The Morgan fingerprint density at radius 2 is 2.05 bits per heavy atom. The fraction of sp³-hybridized carbons (Fsp3) is 0.714. The number of aryl methyl sites for hydroxylation is 1. The van der Waals surface area contributed by atoms with E-state index in [2.05, 4.69) is 30.3 Å². The molecule has 1 aromatic heterocycles. The normalized spacial score (nSPS) is 27.4. The Balaban J connectivity index is 2.18. The van der Waals surface area contributed by atoms with E-state index in [0.717, 1.165) is 22.7 Å². The molecule has 1 N–H and O–H groups in total. The van der Waals surface area contributed by atoms with E-state index in [9.17, 15) is 4.79 Å². The summed E-state index contributed by atoms with van der Waals surface area (Å²) >= 11 is 1.32. The van der Waals surface area contributed by atoms with Gasteiger partial charge in [-0.15, -0.1) is 0 Å². The average Bonchev–Trinajstić information content (AvgIpc) is 2.66. The Labute approximate surface area is 118 Å². The van der Waals surface area contributed by atoms with Crippen LogP contribution in [-0.4, -0.2) is 26.4 Å². The molecule has 2 unspecified atom stereocenters. The maximum absolute atomic E-state index is 10.7. The minimum absolute atomic E-state index is 0.0777. The molecule has 0 aromatic carbocycles. The van der Waals surface area contributed by atoms with Crippen LogP contribution < -0.4 is 0 Å². The number of carboxylic acid groups (broad SMARTS) is 1. The molecule has 0 bridgehead atoms. The first-order chi connectivity index (χ1) is 8.97. The third kappa shape index (κ3) is 3.53. The van der Waals surface area contributed by atoms with Crippen molar-refractivity contribution in [2.45, 2.75) is 51.2 Å². The molecule has 106 valence electrons. The minimum Gasteiger partial charge on any atom is -0.481 e. The highest BCUT2D eigenvalue weighted by molar-refractivity contribution is 7.99. The van der Waals surface area contributed by atoms with Crippen molar-refractivity contribution in [3.8, 4) is 0 Å². The largest absolute Gasteiger partial charge is 0.481 e. The molecule has 19 heavy (non-hydrogen) atoms. The summed E-state index contributed by atoms with van der Waals surface area (Å²) in [5.74, 6) is 0.747. The van der Waals surface area contributed by atoms with E-state index in [-0.39, 0.29) is 5.75 Å². The highest BCUT2D eigenvalue weighted by Gasteiger charge is 2.27. The number of aliphatic carboxylic acids is 1. The molecule has 1 aliphatic rings. The van der Waals surface area contributed by atoms with E-state index in [1.807, 2.05) is 6.20 Å². The molecule has 0 amide bonds. The summed E-state index contributed by atoms with van der Waals surface area (Å²) in [5, 5.41) is 9.66. The summed E-state index contributed by atoms with van der Waals surface area (Å²) in [5.41, 5.74) is 1.14. The first-order valence-corrected chi connectivity index (χ1v) is 7.84. The summed E-state index contributed by atoms with van der Waals surface area (Å²) < 4.78 is 2.25. The maximum atomic E-state index is 10.7. The number of nitrogens with zero attached hydrogens (tertiary/aromatic N) is 2. The smallest absolute Gasteiger partial charge is 0.313 e. The summed E-state index contributed by atoms with van der Waals surface area (Å²) in [6.45, 7) is 6.67. The van der Waals surface area contributed by atoms with Crippen LogP contribution >= 0.6 is 11.8 Å². The summed E-state index contributed by atoms with van der Waals surface area (Å²) in [6, 6.07) is 0.470. The minimum atomic E-state index is -0.789. The second-order valence-electron chi connectivity index (χ2n) is 5.81. The van der Waals surface area contributed by atoms with Crippen molar-refractivity contribution in [1.82, 2.24) is 9.55 Å². The van der Waals surface area contributed by atoms with E-state index in [0.29, 0.717) is 6.04 Å². The van der Waals surface area contributed by atoms with Gasteiger partial charge >= 0.3 is 5.97 Å². The molecule has 1 aromatic rings. The van der Waals surface area contributed by atoms with Crippen molar-refractivity contribution in [1.29, 1.82) is 0 Å². The lowest BCUT2D eigenvalue weighted by molar-refractivity contribution is -0.133. The van der Waals surface area contributed by atoms with Crippen LogP contribution in [0.2, 0.25) is 0 Å². The highest BCUT2D eigenvalue weighted by Crippen LogP contribution is 2.38. The zero-order valence-electron chi connectivity index (χ0n) is 11.8. The lowest BCUT2D eigenvalue weighted by Gasteiger charge is -2.33. The first-order valence-electron chi connectivity index (χ1n) is 6.85. The summed E-state index contributed by atoms with van der Waals surface area (Å²) in [6.07, 6.45) is 5.49. The average molecular weight is 282 g/mol. The van der Waals surface area contributed by atoms with Gasteiger partial charge in [0.05, 0.1) is 5.75 Å². The van der Waals surface area contributed by atoms with Crippen LogP contribution in [0, 0.1) is 18.8 Å². The third-order valence-corrected chi connectivity index (χ3v) is 4.74. The Kier molecular flexibility index (Phi) is 4.55. The van der Waals surface area contributed by atoms with Gasteiger partial charge in [-0.3, -0.25) is 4.79 Å². The molecule has 0 radical (unpaired) electrons. The molecule has 2 atom stereocenters. The molecule has 4 nitrogen and oxygen atoms in total. The second kappa shape index (κ2) is 5.99. The van der Waals surface area contributed by atoms with Crippen molar-refractivity contribution in [2.75, 3.05) is 5.75 Å². The van der Waals surface area contributed by atoms with Crippen LogP contribution in [0.1, 0.15) is 44.8 Å². The van der Waals surface area contributed by atoms with Crippen molar-refractivity contribution in [2.24, 2.45) is 11.8 Å². The van der Waals surface area contributed by atoms with Crippen LogP contribution in [0.3, 0.4) is 0 Å². The number of aromatic nitrogens is 2. The lowest BCUT2D eigenvalue weighted by atomic mass is 9.80. The number of carbonyl (C=O) groups is 1. The molecule has 1 aliphatic carbocycles. The molecular formula is C14H22N2O2S. The van der Waals surface area contributed by atoms with E-state index in [4.69, 9.17) is 5.11 Å². The molecule has 0 spiro atoms. The Morgan fingerprint density at radius 3 is 2.63 bits per heavy atom. The van der Waals surface area contributed by atoms with Gasteiger partial charge in [-0.1, -0.05) is 25.6 Å². The third-order valence-electron chi connectivity index (χ3n) is 3.79. The topological polar surface area (TPSA) is 55.1 Å². The van der Waals surface area contributed by atoms with Gasteiger partial charge in [0.25, 0.3) is 0 Å². The van der Waals surface area contributed by atoms with E-state index >= 15 is 0 Å². The zero-order chi connectivity index (χ0) is 14.0. The summed E-state index contributed by atoms with van der Waals surface area (Å²) in [7, 11) is 0. The van der Waals surface area contributed by atoms with Gasteiger partial charge in [-0.2, -0.15) is 0 Å². The monoisotopic (exact) mass is 282 g/mol. The number of carboxylic acids is 1. The summed E-state index contributed by atoms with van der Waals surface area (Å²) in [4.78, 5) is 15.1. The molecule has 0 saturated heterocycles. The van der Waals surface area contributed by atoms with E-state index < -0.39 is 5.97 Å². The predicted octanol–water partition coefficient (Wildman–Crippen LogP) is 3.37. The van der Waals surface area contributed by atoms with Gasteiger partial charge in [-0.05, 0) is 38.0 Å². The number of imidazole rings is 1. The van der Waals surface area contributed by atoms with Gasteiger partial charge < -0.3 is 9.67 Å². The lowest BCUT2D eigenvalue weighted by Crippen LogP contribution is -2.24. The molecule has 0 aliphatic heterocycles. The zero-order valence-corrected chi connectivity index (χ0v) is 12.6. The SMILES string of the molecule is Cc1cnc(SCC(=O)O)n1C1CC(C)CC(C)C1. The highest BCUT2D eigenvalue weighted by atomic mass is 32.2. The first kappa shape index (κ1) is 14.4. The second-order valence-corrected chi connectivity index (χ2v) is 6.75. The Hall–Kier alpha value is -0.970. The van der Waals surface area contributed by atoms with Gasteiger partial charge in [0.15, 0.2) is 5.16 Å². The number of rotatable bonds is 4. The molecule has 2 rings (SSSR count). The van der Waals surface area contributed by atoms with Crippen LogP contribution in [-0.2, 0) is 4.79 Å². The van der Waals surface area contributed by atoms with Gasteiger partial charge in [0.2, 0.25) is 0 Å². The molecule has 1 saturated carbocycles. The fourth-order valence-electron chi connectivity index (χ4n) is 3.22. The van der Waals surface area contributed by atoms with Gasteiger partial charge in [-0.25, -0.2) is 4.98 Å². The van der Waals surface area contributed by atoms with Crippen molar-refractivity contribution in [3.63, 3.8) is 0 Å². The standard InChI is InChI=1S/C14H22N2O2S/c1-9-4-10(2)6-12(5-9)16-11(3)7-15-14(16)19-8-13(17)18/h7,9-10,12H,4-6,8H2,1-3H3,(H,17,18). The van der Waals surface area contributed by atoms with E-state index in [1.54, 1.807) is 0 Å². The number of hydrogen-bond acceptors (Lipinski definition) is 3. The Bertz CT molecular complexity index is 448. The van der Waals surface area contributed by atoms with Crippen molar-refractivity contribution in [3.05, 3.63) is 11.9 Å². The van der Waals surface area contributed by atoms with Crippen LogP contribution in [0.25, 0.3) is 0 Å². The quantitative estimate of drug-likeness (QED) is 0.860. The van der Waals surface area contributed by atoms with Crippen LogP contribution in [0.4, 0.5) is 0 Å². The molecule has 1 fully saturated rings. The van der Waals surface area contributed by atoms with Gasteiger partial charge in [0.1, 0.15) is 0 Å². The fourth-order valence-corrected chi connectivity index (χ4v) is 4.03. The van der Waals surface area contributed by atoms with Crippen molar-refractivity contribution >= 4 is 17.7 Å². The van der Waals surface area contributed by atoms with Gasteiger partial charge in [0, 0.05) is 17.9 Å². The Morgan fingerprint density at radius 1 is 1.42 bits per heavy atom. The number of hydrogen-bond donors (Lipinski definition) is 1. The van der Waals surface area contributed by atoms with E-state index in [1.165, 1.54) is 31.0 Å². The van der Waals surface area contributed by atoms with Crippen LogP contribution in [0.15, 0.2) is 11.4 Å². The predicted molar refractivity (Wildman–Crippen MR) is 76.5 cm³/mol. The maximum Gasteiger partial charge on any atom is 0.313 e. The molecule has 5 heteroatoms. The number of thioether (sulfide) groups is 1.